The Bertz CT molecular complexity index is 769. The minimum atomic E-state index is -0.441. The van der Waals surface area contributed by atoms with Gasteiger partial charge in [0.15, 0.2) is 0 Å². The highest BCUT2D eigenvalue weighted by Crippen LogP contribution is 2.21. The smallest absolute Gasteiger partial charge is 0.256 e. The largest absolute Gasteiger partial charge is 0.273 e. The summed E-state index contributed by atoms with van der Waals surface area (Å²) in [4.78, 5) is 24.0. The second-order valence-electron chi connectivity index (χ2n) is 6.21. The van der Waals surface area contributed by atoms with Crippen molar-refractivity contribution in [2.75, 3.05) is 0 Å². The van der Waals surface area contributed by atoms with Gasteiger partial charge in [0.05, 0.1) is 0 Å². The standard InChI is InChI=1S/C19H21FN4O2/c20-15-8-4-5-13(11-15)9-10-18(25)23-24-19(26)17-12-16(21-22-17)14-6-2-1-3-7-14/h1-8,11,16-17,21-22H,9-10,12H2,(H,23,25)(H,24,26). The summed E-state index contributed by atoms with van der Waals surface area (Å²) in [6, 6.07) is 15.5. The maximum absolute atomic E-state index is 13.1. The molecule has 6 nitrogen and oxygen atoms in total. The Morgan fingerprint density at radius 2 is 1.85 bits per heavy atom. The molecule has 1 heterocycles. The molecule has 0 radical (unpaired) electrons. The van der Waals surface area contributed by atoms with Crippen LogP contribution in [0.1, 0.15) is 30.0 Å². The van der Waals surface area contributed by atoms with Gasteiger partial charge in [-0.15, -0.1) is 0 Å². The fourth-order valence-electron chi connectivity index (χ4n) is 2.86. The van der Waals surface area contributed by atoms with Crippen LogP contribution in [0.25, 0.3) is 0 Å². The molecule has 0 aromatic heterocycles. The number of hydrogen-bond donors (Lipinski definition) is 4. The van der Waals surface area contributed by atoms with E-state index in [2.05, 4.69) is 21.7 Å². The molecule has 1 aliphatic heterocycles. The second-order valence-corrected chi connectivity index (χ2v) is 6.21. The Morgan fingerprint density at radius 3 is 2.62 bits per heavy atom. The highest BCUT2D eigenvalue weighted by Gasteiger charge is 2.30. The van der Waals surface area contributed by atoms with Gasteiger partial charge in [0, 0.05) is 12.5 Å². The molecule has 136 valence electrons. The maximum Gasteiger partial charge on any atom is 0.256 e. The Kier molecular flexibility index (Phi) is 5.93. The third kappa shape index (κ3) is 4.87. The van der Waals surface area contributed by atoms with Crippen LogP contribution in [0.3, 0.4) is 0 Å². The first-order valence-electron chi connectivity index (χ1n) is 8.51. The first kappa shape index (κ1) is 18.0. The molecule has 2 aromatic carbocycles. The Labute approximate surface area is 151 Å². The lowest BCUT2D eigenvalue weighted by molar-refractivity contribution is -0.129. The highest BCUT2D eigenvalue weighted by atomic mass is 19.1. The molecule has 0 aliphatic carbocycles. The van der Waals surface area contributed by atoms with Gasteiger partial charge < -0.3 is 0 Å². The van der Waals surface area contributed by atoms with Crippen LogP contribution in [0.5, 0.6) is 0 Å². The van der Waals surface area contributed by atoms with Crippen LogP contribution in [-0.2, 0) is 16.0 Å². The van der Waals surface area contributed by atoms with Gasteiger partial charge in [0.2, 0.25) is 5.91 Å². The topological polar surface area (TPSA) is 82.3 Å². The van der Waals surface area contributed by atoms with Gasteiger partial charge in [0.1, 0.15) is 11.9 Å². The third-order valence-corrected chi connectivity index (χ3v) is 4.28. The first-order valence-corrected chi connectivity index (χ1v) is 8.51. The van der Waals surface area contributed by atoms with Crippen molar-refractivity contribution in [2.45, 2.75) is 31.3 Å². The maximum atomic E-state index is 13.1. The van der Waals surface area contributed by atoms with E-state index in [-0.39, 0.29) is 30.1 Å². The summed E-state index contributed by atoms with van der Waals surface area (Å²) in [6.45, 7) is 0. The van der Waals surface area contributed by atoms with E-state index in [1.807, 2.05) is 30.3 Å². The molecule has 26 heavy (non-hydrogen) atoms. The van der Waals surface area contributed by atoms with Gasteiger partial charge in [-0.2, -0.15) is 0 Å². The van der Waals surface area contributed by atoms with E-state index >= 15 is 0 Å². The van der Waals surface area contributed by atoms with Gasteiger partial charge in [-0.1, -0.05) is 42.5 Å². The summed E-state index contributed by atoms with van der Waals surface area (Å²) in [5.74, 6) is -0.966. The number of rotatable bonds is 5. The van der Waals surface area contributed by atoms with Crippen LogP contribution in [0, 0.1) is 5.82 Å². The lowest BCUT2D eigenvalue weighted by atomic mass is 10.0. The SMILES string of the molecule is O=C(CCc1cccc(F)c1)NNC(=O)C1CC(c2ccccc2)NN1. The predicted molar refractivity (Wildman–Crippen MR) is 94.9 cm³/mol. The summed E-state index contributed by atoms with van der Waals surface area (Å²) in [6.07, 6.45) is 1.14. The van der Waals surface area contributed by atoms with Crippen LogP contribution in [0.2, 0.25) is 0 Å². The van der Waals surface area contributed by atoms with E-state index in [9.17, 15) is 14.0 Å². The number of carbonyl (C=O) groups is 2. The minimum Gasteiger partial charge on any atom is -0.273 e. The molecule has 2 amide bonds. The van der Waals surface area contributed by atoms with E-state index in [1.54, 1.807) is 12.1 Å². The molecule has 1 saturated heterocycles. The van der Waals surface area contributed by atoms with Crippen molar-refractivity contribution in [1.29, 1.82) is 0 Å². The molecular weight excluding hydrogens is 335 g/mol. The lowest BCUT2D eigenvalue weighted by Crippen LogP contribution is -2.50. The van der Waals surface area contributed by atoms with E-state index in [4.69, 9.17) is 0 Å². The molecule has 4 N–H and O–H groups in total. The van der Waals surface area contributed by atoms with Crippen molar-refractivity contribution in [3.05, 3.63) is 71.5 Å². The number of benzene rings is 2. The zero-order valence-electron chi connectivity index (χ0n) is 14.2. The normalized spacial score (nSPS) is 19.1. The summed E-state index contributed by atoms with van der Waals surface area (Å²) >= 11 is 0. The van der Waals surface area contributed by atoms with Crippen molar-refractivity contribution in [2.24, 2.45) is 0 Å². The zero-order chi connectivity index (χ0) is 18.4. The molecule has 0 bridgehead atoms. The van der Waals surface area contributed by atoms with Gasteiger partial charge in [-0.25, -0.2) is 15.2 Å². The van der Waals surface area contributed by atoms with Gasteiger partial charge in [-0.3, -0.25) is 20.4 Å². The number of amides is 2. The average molecular weight is 356 g/mol. The van der Waals surface area contributed by atoms with Crippen LogP contribution in [-0.4, -0.2) is 17.9 Å². The highest BCUT2D eigenvalue weighted by molar-refractivity contribution is 5.85. The molecule has 0 spiro atoms. The quantitative estimate of drug-likeness (QED) is 0.612. The fraction of sp³-hybridized carbons (Fsp3) is 0.263. The number of hydrazine groups is 2. The summed E-state index contributed by atoms with van der Waals surface area (Å²) in [5, 5.41) is 0. The summed E-state index contributed by atoms with van der Waals surface area (Å²) in [7, 11) is 0. The van der Waals surface area contributed by atoms with Crippen LogP contribution >= 0.6 is 0 Å². The van der Waals surface area contributed by atoms with E-state index in [1.165, 1.54) is 12.1 Å². The van der Waals surface area contributed by atoms with E-state index in [0.29, 0.717) is 12.8 Å². The Morgan fingerprint density at radius 1 is 1.04 bits per heavy atom. The number of nitrogens with one attached hydrogen (secondary N) is 4. The fourth-order valence-corrected chi connectivity index (χ4v) is 2.86. The molecule has 7 heteroatoms. The Hall–Kier alpha value is -2.77. The van der Waals surface area contributed by atoms with Crippen molar-refractivity contribution in [1.82, 2.24) is 21.7 Å². The molecule has 1 aliphatic rings. The van der Waals surface area contributed by atoms with E-state index < -0.39 is 6.04 Å². The van der Waals surface area contributed by atoms with Gasteiger partial charge in [-0.05, 0) is 36.1 Å². The first-order chi connectivity index (χ1) is 12.6. The predicted octanol–water partition coefficient (Wildman–Crippen LogP) is 1.51. The Balaban J connectivity index is 1.40. The second kappa shape index (κ2) is 8.55. The van der Waals surface area contributed by atoms with Gasteiger partial charge in [0.25, 0.3) is 5.91 Å². The monoisotopic (exact) mass is 356 g/mol. The van der Waals surface area contributed by atoms with Crippen molar-refractivity contribution >= 4 is 11.8 Å². The van der Waals surface area contributed by atoms with Crippen molar-refractivity contribution in [3.8, 4) is 0 Å². The molecular formula is C19H21FN4O2. The molecule has 2 unspecified atom stereocenters. The molecule has 2 atom stereocenters. The molecule has 3 rings (SSSR count). The number of aryl methyl sites for hydroxylation is 1. The number of halogens is 1. The molecule has 2 aromatic rings. The molecule has 0 saturated carbocycles. The van der Waals surface area contributed by atoms with Crippen LogP contribution < -0.4 is 21.7 Å². The van der Waals surface area contributed by atoms with Crippen molar-refractivity contribution in [3.63, 3.8) is 0 Å². The number of carbonyl (C=O) groups excluding carboxylic acids is 2. The minimum absolute atomic E-state index is 0.0376. The summed E-state index contributed by atoms with van der Waals surface area (Å²) < 4.78 is 13.1. The summed E-state index contributed by atoms with van der Waals surface area (Å²) in [5.41, 5.74) is 12.7. The average Bonchev–Trinajstić information content (AvgIpc) is 3.15. The zero-order valence-corrected chi connectivity index (χ0v) is 14.2. The lowest BCUT2D eigenvalue weighted by Gasteiger charge is -2.11. The molecule has 1 fully saturated rings. The van der Waals surface area contributed by atoms with Crippen LogP contribution in [0.15, 0.2) is 54.6 Å². The van der Waals surface area contributed by atoms with Crippen molar-refractivity contribution < 1.29 is 14.0 Å². The van der Waals surface area contributed by atoms with Gasteiger partial charge >= 0.3 is 0 Å². The van der Waals surface area contributed by atoms with Crippen LogP contribution in [0.4, 0.5) is 4.39 Å². The third-order valence-electron chi connectivity index (χ3n) is 4.28. The van der Waals surface area contributed by atoms with E-state index in [0.717, 1.165) is 11.1 Å². The number of hydrogen-bond acceptors (Lipinski definition) is 4.